The molecule has 0 unspecified atom stereocenters. The average Bonchev–Trinajstić information content (AvgIpc) is 3.03. The van der Waals surface area contributed by atoms with Crippen LogP contribution in [0.2, 0.25) is 0 Å². The smallest absolute Gasteiger partial charge is 0.311 e. The molecule has 0 fully saturated rings. The fourth-order valence-electron chi connectivity index (χ4n) is 2.12. The van der Waals surface area contributed by atoms with E-state index in [0.717, 1.165) is 0 Å². The summed E-state index contributed by atoms with van der Waals surface area (Å²) >= 11 is 1.27. The maximum absolute atomic E-state index is 14.4. The Labute approximate surface area is 154 Å². The second-order valence-corrected chi connectivity index (χ2v) is 6.22. The number of carbonyl (C=O) groups is 1. The van der Waals surface area contributed by atoms with Crippen LogP contribution in [0.5, 0.6) is 0 Å². The van der Waals surface area contributed by atoms with Crippen molar-refractivity contribution in [3.05, 3.63) is 40.2 Å². The predicted molar refractivity (Wildman–Crippen MR) is 99.1 cm³/mol. The molecule has 0 radical (unpaired) electrons. The second kappa shape index (κ2) is 8.92. The van der Waals surface area contributed by atoms with Gasteiger partial charge in [0.15, 0.2) is 5.82 Å². The highest BCUT2D eigenvalue weighted by molar-refractivity contribution is 7.13. The Hall–Kier alpha value is -2.99. The molecular weight excluding hydrogens is 357 g/mol. The number of anilines is 2. The highest BCUT2D eigenvalue weighted by Crippen LogP contribution is 2.23. The zero-order chi connectivity index (χ0) is 19.1. The van der Waals surface area contributed by atoms with Gasteiger partial charge in [0, 0.05) is 25.0 Å². The highest BCUT2D eigenvalue weighted by Gasteiger charge is 2.13. The van der Waals surface area contributed by atoms with Crippen LogP contribution in [0.15, 0.2) is 22.6 Å². The Morgan fingerprint density at radius 3 is 2.96 bits per heavy atom. The average molecular weight is 375 g/mol. The summed E-state index contributed by atoms with van der Waals surface area (Å²) < 4.78 is 19.3. The van der Waals surface area contributed by atoms with Gasteiger partial charge in [-0.1, -0.05) is 0 Å². The molecule has 26 heavy (non-hydrogen) atoms. The van der Waals surface area contributed by atoms with Crippen molar-refractivity contribution in [2.75, 3.05) is 31.0 Å². The van der Waals surface area contributed by atoms with Gasteiger partial charge < -0.3 is 9.64 Å². The van der Waals surface area contributed by atoms with Gasteiger partial charge in [-0.05, 0) is 19.1 Å². The molecule has 0 bridgehead atoms. The third-order valence-electron chi connectivity index (χ3n) is 3.29. The van der Waals surface area contributed by atoms with Crippen LogP contribution < -0.4 is 10.3 Å². The Kier molecular flexibility index (Phi) is 6.63. The van der Waals surface area contributed by atoms with E-state index in [2.05, 4.69) is 15.5 Å². The third kappa shape index (κ3) is 4.77. The number of hydrogen-bond acceptors (Lipinski definition) is 8. The van der Waals surface area contributed by atoms with Gasteiger partial charge >= 0.3 is 5.97 Å². The number of carbonyl (C=O) groups excluding carboxylic acids is 1. The number of nitrogens with zero attached hydrogens (tertiary/aromatic N) is 4. The van der Waals surface area contributed by atoms with Crippen molar-refractivity contribution < 1.29 is 13.9 Å². The Morgan fingerprint density at radius 1 is 1.54 bits per heavy atom. The zero-order valence-corrected chi connectivity index (χ0v) is 15.4. The lowest BCUT2D eigenvalue weighted by atomic mass is 10.1. The van der Waals surface area contributed by atoms with E-state index in [1.54, 1.807) is 43.4 Å². The van der Waals surface area contributed by atoms with Crippen molar-refractivity contribution in [1.82, 2.24) is 4.98 Å². The molecule has 0 amide bonds. The summed E-state index contributed by atoms with van der Waals surface area (Å²) in [5, 5.41) is 15.3. The molecule has 9 heteroatoms. The van der Waals surface area contributed by atoms with Crippen LogP contribution in [-0.2, 0) is 16.0 Å². The van der Waals surface area contributed by atoms with Gasteiger partial charge in [-0.15, -0.1) is 11.3 Å². The van der Waals surface area contributed by atoms with E-state index in [1.807, 2.05) is 6.07 Å². The number of aromatic nitrogens is 1. The maximum atomic E-state index is 14.4. The molecule has 0 saturated heterocycles. The maximum Gasteiger partial charge on any atom is 0.311 e. The first-order valence-corrected chi connectivity index (χ1v) is 8.63. The number of hydrogen-bond donors (Lipinski definition) is 1. The van der Waals surface area contributed by atoms with E-state index in [1.165, 1.54) is 17.6 Å². The standard InChI is InChI=1S/C17H18FN5O2S/c1-4-25-15(24)7-12-10-26-17(21-12)22-20-9-11-5-6-14(23(2)3)13(8-19)16(11)18/h5-6,9-10H,4,7H2,1-3H3,(H,21,22). The third-order valence-corrected chi connectivity index (χ3v) is 4.09. The topological polar surface area (TPSA) is 90.6 Å². The SMILES string of the molecule is CCOC(=O)Cc1csc(NN=Cc2ccc(N(C)C)c(C#N)c2F)n1. The van der Waals surface area contributed by atoms with Crippen LogP contribution in [0.4, 0.5) is 15.2 Å². The Morgan fingerprint density at radius 2 is 2.31 bits per heavy atom. The summed E-state index contributed by atoms with van der Waals surface area (Å²) in [7, 11) is 3.47. The first-order chi connectivity index (χ1) is 12.5. The highest BCUT2D eigenvalue weighted by atomic mass is 32.1. The molecule has 0 saturated carbocycles. The molecular formula is C17H18FN5O2S. The van der Waals surface area contributed by atoms with Crippen molar-refractivity contribution in [2.24, 2.45) is 5.10 Å². The van der Waals surface area contributed by atoms with Crippen LogP contribution in [0.25, 0.3) is 0 Å². The van der Waals surface area contributed by atoms with E-state index in [9.17, 15) is 9.18 Å². The van der Waals surface area contributed by atoms with E-state index in [4.69, 9.17) is 10.00 Å². The quantitative estimate of drug-likeness (QED) is 0.455. The molecule has 0 aliphatic heterocycles. The largest absolute Gasteiger partial charge is 0.466 e. The molecule has 2 rings (SSSR count). The Bertz CT molecular complexity index is 857. The molecule has 0 atom stereocenters. The van der Waals surface area contributed by atoms with Crippen molar-refractivity contribution in [3.63, 3.8) is 0 Å². The number of hydrazone groups is 1. The lowest BCUT2D eigenvalue weighted by Crippen LogP contribution is -2.12. The number of benzene rings is 1. The number of halogens is 1. The van der Waals surface area contributed by atoms with E-state index in [-0.39, 0.29) is 23.5 Å². The monoisotopic (exact) mass is 375 g/mol. The lowest BCUT2D eigenvalue weighted by molar-refractivity contribution is -0.142. The van der Waals surface area contributed by atoms with Gasteiger partial charge in [0.05, 0.1) is 30.6 Å². The van der Waals surface area contributed by atoms with Crippen LogP contribution in [-0.4, -0.2) is 37.9 Å². The number of ether oxygens (including phenoxy) is 1. The van der Waals surface area contributed by atoms with E-state index < -0.39 is 5.82 Å². The molecule has 2 aromatic rings. The molecule has 0 spiro atoms. The molecule has 0 aliphatic carbocycles. The molecule has 1 aromatic carbocycles. The minimum absolute atomic E-state index is 0.0371. The molecule has 1 aromatic heterocycles. The fraction of sp³-hybridized carbons (Fsp3) is 0.294. The van der Waals surface area contributed by atoms with Crippen LogP contribution in [0, 0.1) is 17.1 Å². The van der Waals surface area contributed by atoms with Gasteiger partial charge in [0.25, 0.3) is 0 Å². The van der Waals surface area contributed by atoms with Gasteiger partial charge in [-0.3, -0.25) is 10.2 Å². The Balaban J connectivity index is 2.06. The van der Waals surface area contributed by atoms with Crippen molar-refractivity contribution >= 4 is 34.3 Å². The first kappa shape index (κ1) is 19.3. The van der Waals surface area contributed by atoms with Crippen molar-refractivity contribution in [1.29, 1.82) is 5.26 Å². The summed E-state index contributed by atoms with van der Waals surface area (Å²) in [6.45, 7) is 2.06. The van der Waals surface area contributed by atoms with Crippen molar-refractivity contribution in [3.8, 4) is 6.07 Å². The summed E-state index contributed by atoms with van der Waals surface area (Å²) in [6.07, 6.45) is 1.37. The normalized spacial score (nSPS) is 10.6. The summed E-state index contributed by atoms with van der Waals surface area (Å²) in [4.78, 5) is 17.3. The van der Waals surface area contributed by atoms with E-state index in [0.29, 0.717) is 23.1 Å². The number of esters is 1. The zero-order valence-electron chi connectivity index (χ0n) is 14.6. The minimum atomic E-state index is -0.633. The first-order valence-electron chi connectivity index (χ1n) is 7.75. The summed E-state index contributed by atoms with van der Waals surface area (Å²) in [5.41, 5.74) is 3.90. The van der Waals surface area contributed by atoms with Gasteiger partial charge in [0.1, 0.15) is 11.6 Å². The summed E-state index contributed by atoms with van der Waals surface area (Å²) in [5.74, 6) is -0.980. The van der Waals surface area contributed by atoms with Gasteiger partial charge in [-0.2, -0.15) is 10.4 Å². The molecule has 0 aliphatic rings. The number of nitriles is 1. The van der Waals surface area contributed by atoms with Crippen LogP contribution >= 0.6 is 11.3 Å². The minimum Gasteiger partial charge on any atom is -0.466 e. The number of rotatable bonds is 7. The molecule has 136 valence electrons. The van der Waals surface area contributed by atoms with Crippen LogP contribution in [0.3, 0.4) is 0 Å². The second-order valence-electron chi connectivity index (χ2n) is 5.36. The number of nitrogens with one attached hydrogen (secondary N) is 1. The van der Waals surface area contributed by atoms with Gasteiger partial charge in [-0.25, -0.2) is 9.37 Å². The van der Waals surface area contributed by atoms with Crippen molar-refractivity contribution in [2.45, 2.75) is 13.3 Å². The van der Waals surface area contributed by atoms with Gasteiger partial charge in [0.2, 0.25) is 5.13 Å². The molecule has 7 nitrogen and oxygen atoms in total. The van der Waals surface area contributed by atoms with E-state index >= 15 is 0 Å². The van der Waals surface area contributed by atoms with Crippen LogP contribution in [0.1, 0.15) is 23.7 Å². The number of thiazole rings is 1. The molecule has 1 heterocycles. The lowest BCUT2D eigenvalue weighted by Gasteiger charge is -2.15. The summed E-state index contributed by atoms with van der Waals surface area (Å²) in [6, 6.07) is 5.08. The predicted octanol–water partition coefficient (Wildman–Crippen LogP) is 2.77. The molecule has 1 N–H and O–H groups in total. The fourth-order valence-corrected chi connectivity index (χ4v) is 2.78.